The Bertz CT molecular complexity index is 702. The minimum atomic E-state index is -0.310. The van der Waals surface area contributed by atoms with Crippen molar-refractivity contribution in [3.8, 4) is 11.4 Å². The molecule has 1 N–H and O–H groups in total. The molecule has 0 bridgehead atoms. The van der Waals surface area contributed by atoms with Crippen molar-refractivity contribution in [2.75, 3.05) is 6.54 Å². The molecule has 0 spiro atoms. The van der Waals surface area contributed by atoms with Crippen LogP contribution < -0.4 is 5.32 Å². The van der Waals surface area contributed by atoms with Gasteiger partial charge in [-0.15, -0.1) is 18.3 Å². The number of hydrogen-bond donors (Lipinski definition) is 1. The Morgan fingerprint density at radius 1 is 1.57 bits per heavy atom. The number of carbonyl (C=O) groups excluding carboxylic acids is 1. The molecule has 1 unspecified atom stereocenters. The fourth-order valence-corrected chi connectivity index (χ4v) is 2.50. The maximum absolute atomic E-state index is 13.6. The van der Waals surface area contributed by atoms with E-state index in [1.54, 1.807) is 32.1 Å². The largest absolute Gasteiger partial charge is 0.352 e. The lowest BCUT2D eigenvalue weighted by Crippen LogP contribution is -2.30. The zero-order valence-electron chi connectivity index (χ0n) is 13.0. The van der Waals surface area contributed by atoms with Gasteiger partial charge in [0.25, 0.3) is 0 Å². The summed E-state index contributed by atoms with van der Waals surface area (Å²) < 4.78 is 18.7. The highest BCUT2D eigenvalue weighted by Crippen LogP contribution is 2.22. The summed E-state index contributed by atoms with van der Waals surface area (Å²) >= 11 is 1.39. The number of benzene rings is 1. The van der Waals surface area contributed by atoms with Crippen LogP contribution in [0.5, 0.6) is 0 Å². The van der Waals surface area contributed by atoms with Gasteiger partial charge in [-0.1, -0.05) is 23.4 Å². The van der Waals surface area contributed by atoms with Gasteiger partial charge < -0.3 is 9.84 Å². The molecule has 0 aliphatic rings. The van der Waals surface area contributed by atoms with Crippen LogP contribution in [0.15, 0.2) is 35.4 Å². The van der Waals surface area contributed by atoms with Crippen molar-refractivity contribution in [2.24, 2.45) is 0 Å². The van der Waals surface area contributed by atoms with E-state index < -0.39 is 0 Å². The maximum atomic E-state index is 13.6. The predicted molar refractivity (Wildman–Crippen MR) is 88.4 cm³/mol. The van der Waals surface area contributed by atoms with E-state index in [9.17, 15) is 9.18 Å². The average molecular weight is 335 g/mol. The smallest absolute Gasteiger partial charge is 0.236 e. The van der Waals surface area contributed by atoms with Crippen molar-refractivity contribution in [1.29, 1.82) is 0 Å². The molecule has 2 aromatic rings. The number of hydrogen-bond acceptors (Lipinski definition) is 5. The lowest BCUT2D eigenvalue weighted by molar-refractivity contribution is -0.120. The summed E-state index contributed by atoms with van der Waals surface area (Å²) in [6.07, 6.45) is 1.63. The fourth-order valence-electron chi connectivity index (χ4n) is 1.75. The summed E-state index contributed by atoms with van der Waals surface area (Å²) in [6.45, 7) is 7.48. The molecule has 0 saturated carbocycles. The quantitative estimate of drug-likeness (QED) is 0.788. The third-order valence-electron chi connectivity index (χ3n) is 3.14. The van der Waals surface area contributed by atoms with Gasteiger partial charge in [-0.3, -0.25) is 4.79 Å². The number of aryl methyl sites for hydroxylation is 1. The third kappa shape index (κ3) is 4.66. The van der Waals surface area contributed by atoms with E-state index in [4.69, 9.17) is 4.52 Å². The number of rotatable bonds is 7. The summed E-state index contributed by atoms with van der Waals surface area (Å²) in [4.78, 5) is 16.0. The van der Waals surface area contributed by atoms with Gasteiger partial charge >= 0.3 is 0 Å². The average Bonchev–Trinajstić information content (AvgIpc) is 3.01. The van der Waals surface area contributed by atoms with Crippen molar-refractivity contribution in [3.63, 3.8) is 0 Å². The first-order valence-electron chi connectivity index (χ1n) is 7.10. The summed E-state index contributed by atoms with van der Waals surface area (Å²) in [5, 5.41) is 6.33. The van der Waals surface area contributed by atoms with Crippen molar-refractivity contribution in [3.05, 3.63) is 48.1 Å². The van der Waals surface area contributed by atoms with Crippen LogP contribution in [0.2, 0.25) is 0 Å². The van der Waals surface area contributed by atoms with E-state index in [0.717, 1.165) is 0 Å². The molecule has 1 aromatic carbocycles. The minimum absolute atomic E-state index is 0.0738. The van der Waals surface area contributed by atoms with Crippen LogP contribution in [0.4, 0.5) is 4.39 Å². The normalized spacial score (nSPS) is 12.0. The Kier molecular flexibility index (Phi) is 5.92. The summed E-state index contributed by atoms with van der Waals surface area (Å²) in [5.41, 5.74) is 1.12. The molecule has 122 valence electrons. The van der Waals surface area contributed by atoms with Gasteiger partial charge in [0.2, 0.25) is 17.6 Å². The molecule has 1 atom stereocenters. The molecule has 0 aliphatic heterocycles. The molecule has 1 heterocycles. The number of carbonyl (C=O) groups is 1. The zero-order chi connectivity index (χ0) is 16.8. The molecule has 5 nitrogen and oxygen atoms in total. The Balaban J connectivity index is 1.95. The van der Waals surface area contributed by atoms with Crippen LogP contribution >= 0.6 is 11.8 Å². The first kappa shape index (κ1) is 17.2. The second-order valence-electron chi connectivity index (χ2n) is 4.96. The number of amides is 1. The van der Waals surface area contributed by atoms with E-state index in [1.807, 2.05) is 0 Å². The van der Waals surface area contributed by atoms with E-state index in [0.29, 0.717) is 35.1 Å². The van der Waals surface area contributed by atoms with Crippen molar-refractivity contribution < 1.29 is 13.7 Å². The molecule has 23 heavy (non-hydrogen) atoms. The van der Waals surface area contributed by atoms with Gasteiger partial charge in [-0.25, -0.2) is 4.39 Å². The van der Waals surface area contributed by atoms with Crippen LogP contribution in [-0.2, 0) is 10.5 Å². The van der Waals surface area contributed by atoms with E-state index >= 15 is 0 Å². The first-order valence-corrected chi connectivity index (χ1v) is 8.15. The van der Waals surface area contributed by atoms with E-state index in [-0.39, 0.29) is 17.0 Å². The number of thioether (sulfide) groups is 1. The standard InChI is InChI=1S/C16H18FN3O2S/c1-4-7-18-16(21)11(3)23-9-14-19-15(20-22-14)12-6-5-10(2)13(17)8-12/h4-6,8,11H,1,7,9H2,2-3H3,(H,18,21). The Hall–Kier alpha value is -2.15. The van der Waals surface area contributed by atoms with Crippen LogP contribution in [0.3, 0.4) is 0 Å². The molecular formula is C16H18FN3O2S. The molecule has 2 rings (SSSR count). The molecule has 0 saturated heterocycles. The van der Waals surface area contributed by atoms with E-state index in [1.165, 1.54) is 17.8 Å². The minimum Gasteiger partial charge on any atom is -0.352 e. The molecule has 7 heteroatoms. The van der Waals surface area contributed by atoms with Crippen LogP contribution in [0.1, 0.15) is 18.4 Å². The molecule has 1 amide bonds. The predicted octanol–water partition coefficient (Wildman–Crippen LogP) is 3.11. The Morgan fingerprint density at radius 2 is 2.35 bits per heavy atom. The monoisotopic (exact) mass is 335 g/mol. The highest BCUT2D eigenvalue weighted by atomic mass is 32.2. The van der Waals surface area contributed by atoms with Crippen LogP contribution in [0.25, 0.3) is 11.4 Å². The number of aromatic nitrogens is 2. The Morgan fingerprint density at radius 3 is 3.04 bits per heavy atom. The lowest BCUT2D eigenvalue weighted by atomic mass is 10.1. The second-order valence-corrected chi connectivity index (χ2v) is 6.29. The van der Waals surface area contributed by atoms with E-state index in [2.05, 4.69) is 22.0 Å². The number of nitrogens with zero attached hydrogens (tertiary/aromatic N) is 2. The molecular weight excluding hydrogens is 317 g/mol. The second kappa shape index (κ2) is 7.92. The van der Waals surface area contributed by atoms with Crippen molar-refractivity contribution in [2.45, 2.75) is 24.9 Å². The van der Waals surface area contributed by atoms with Gasteiger partial charge in [-0.05, 0) is 25.5 Å². The van der Waals surface area contributed by atoms with Crippen molar-refractivity contribution in [1.82, 2.24) is 15.5 Å². The summed E-state index contributed by atoms with van der Waals surface area (Å²) in [7, 11) is 0. The number of nitrogens with one attached hydrogen (secondary N) is 1. The van der Waals surface area contributed by atoms with Crippen LogP contribution in [-0.4, -0.2) is 27.8 Å². The van der Waals surface area contributed by atoms with Crippen LogP contribution in [0, 0.1) is 12.7 Å². The molecule has 0 fully saturated rings. The highest BCUT2D eigenvalue weighted by molar-refractivity contribution is 7.99. The van der Waals surface area contributed by atoms with Gasteiger partial charge in [-0.2, -0.15) is 4.98 Å². The maximum Gasteiger partial charge on any atom is 0.236 e. The molecule has 0 aliphatic carbocycles. The van der Waals surface area contributed by atoms with Gasteiger partial charge in [0.1, 0.15) is 5.82 Å². The van der Waals surface area contributed by atoms with Gasteiger partial charge in [0.05, 0.1) is 11.0 Å². The SMILES string of the molecule is C=CCNC(=O)C(C)SCc1nc(-c2ccc(C)c(F)c2)no1. The van der Waals surface area contributed by atoms with Crippen molar-refractivity contribution >= 4 is 17.7 Å². The Labute approximate surface area is 138 Å². The third-order valence-corrected chi connectivity index (χ3v) is 4.27. The first-order chi connectivity index (χ1) is 11.0. The van der Waals surface area contributed by atoms with Gasteiger partial charge in [0, 0.05) is 12.1 Å². The lowest BCUT2D eigenvalue weighted by Gasteiger charge is -2.08. The topological polar surface area (TPSA) is 68.0 Å². The zero-order valence-corrected chi connectivity index (χ0v) is 13.8. The fraction of sp³-hybridized carbons (Fsp3) is 0.312. The summed E-state index contributed by atoms with van der Waals surface area (Å²) in [6, 6.07) is 4.79. The molecule has 1 aromatic heterocycles. The van der Waals surface area contributed by atoms with Gasteiger partial charge in [0.15, 0.2) is 0 Å². The summed E-state index contributed by atoms with van der Waals surface area (Å²) in [5.74, 6) is 0.757. The highest BCUT2D eigenvalue weighted by Gasteiger charge is 2.15. The number of halogens is 1. The molecule has 0 radical (unpaired) electrons.